The van der Waals surface area contributed by atoms with Crippen LogP contribution in [0.25, 0.3) is 17.5 Å². The first-order valence-electron chi connectivity index (χ1n) is 9.32. The Morgan fingerprint density at radius 2 is 1.94 bits per heavy atom. The van der Waals surface area contributed by atoms with Crippen LogP contribution in [0.3, 0.4) is 0 Å². The topological polar surface area (TPSA) is 88.9 Å². The van der Waals surface area contributed by atoms with Crippen LogP contribution < -0.4 is 10.6 Å². The molecule has 0 radical (unpaired) electrons. The van der Waals surface area contributed by atoms with Crippen LogP contribution in [0.1, 0.15) is 32.9 Å². The molecule has 174 valence electrons. The van der Waals surface area contributed by atoms with Crippen LogP contribution in [0.5, 0.6) is 0 Å². The predicted octanol–water partition coefficient (Wildman–Crippen LogP) is 4.57. The summed E-state index contributed by atoms with van der Waals surface area (Å²) in [6.07, 6.45) is -0.609. The van der Waals surface area contributed by atoms with Crippen molar-refractivity contribution in [2.75, 3.05) is 5.32 Å². The molecule has 2 aromatic heterocycles. The number of nitrogens with zero attached hydrogens (tertiary/aromatic N) is 3. The zero-order valence-corrected chi connectivity index (χ0v) is 17.4. The molecule has 0 saturated carbocycles. The normalized spacial score (nSPS) is 13.2. The van der Waals surface area contributed by atoms with Gasteiger partial charge >= 0.3 is 11.6 Å². The van der Waals surface area contributed by atoms with Crippen molar-refractivity contribution in [1.82, 2.24) is 20.1 Å². The van der Waals surface area contributed by atoms with E-state index >= 15 is 0 Å². The molecule has 0 fully saturated rings. The molecule has 7 nitrogen and oxygen atoms in total. The Morgan fingerprint density at radius 1 is 1.18 bits per heavy atom. The number of carbonyl (C=O) groups is 1. The molecule has 0 atom stereocenters. The zero-order valence-electron chi connectivity index (χ0n) is 16.6. The molecule has 0 aliphatic carbocycles. The molecule has 1 aliphatic rings. The standard InChI is InChI=1S/C21H11ClF5N5O2/c22-20(23,24)17-8-11(4-6-29-17)31-19(34)14-9-30-32(18(14)21(25,26)27)16-3-1-2-12-13(16)5-7-28-15(12)10-33/h1-9,28H,(H,29,31,34). The van der Waals surface area contributed by atoms with E-state index in [1.807, 2.05) is 0 Å². The number of benzene rings is 1. The summed E-state index contributed by atoms with van der Waals surface area (Å²) in [5.41, 5.74) is -2.91. The van der Waals surface area contributed by atoms with Crippen LogP contribution in [0, 0.1) is 0 Å². The van der Waals surface area contributed by atoms with Gasteiger partial charge in [-0.3, -0.25) is 9.78 Å². The number of carbonyl (C=O) groups excluding carboxylic acids is 2. The van der Waals surface area contributed by atoms with Gasteiger partial charge in [-0.25, -0.2) is 9.48 Å². The monoisotopic (exact) mass is 495 g/mol. The first kappa shape index (κ1) is 23.1. The van der Waals surface area contributed by atoms with Gasteiger partial charge in [0.05, 0.1) is 17.4 Å². The lowest BCUT2D eigenvalue weighted by atomic mass is 10.0. The summed E-state index contributed by atoms with van der Waals surface area (Å²) in [5, 5.41) is 4.68. The van der Waals surface area contributed by atoms with E-state index in [9.17, 15) is 31.5 Å². The van der Waals surface area contributed by atoms with Crippen LogP contribution in [0.2, 0.25) is 0 Å². The third-order valence-corrected chi connectivity index (χ3v) is 4.94. The van der Waals surface area contributed by atoms with Gasteiger partial charge in [0.15, 0.2) is 11.6 Å². The number of halogens is 6. The number of nitrogens with one attached hydrogen (secondary N) is 2. The van der Waals surface area contributed by atoms with Crippen molar-refractivity contribution >= 4 is 40.9 Å². The van der Waals surface area contributed by atoms with Gasteiger partial charge < -0.3 is 10.6 Å². The van der Waals surface area contributed by atoms with E-state index in [2.05, 4.69) is 20.7 Å². The van der Waals surface area contributed by atoms with Crippen LogP contribution in [0.15, 0.2) is 48.9 Å². The lowest BCUT2D eigenvalue weighted by Crippen LogP contribution is -2.22. The fraction of sp³-hybridized carbons (Fsp3) is 0.0952. The van der Waals surface area contributed by atoms with E-state index < -0.39 is 34.4 Å². The highest BCUT2D eigenvalue weighted by atomic mass is 35.5. The molecule has 1 aliphatic heterocycles. The summed E-state index contributed by atoms with van der Waals surface area (Å²) in [6.45, 7) is 0. The third-order valence-electron chi connectivity index (χ3n) is 4.75. The number of rotatable bonds is 4. The number of amides is 1. The fourth-order valence-electron chi connectivity index (χ4n) is 3.33. The molecule has 4 rings (SSSR count). The predicted molar refractivity (Wildman–Crippen MR) is 112 cm³/mol. The molecule has 0 spiro atoms. The summed E-state index contributed by atoms with van der Waals surface area (Å²) in [6, 6.07) is 6.10. The summed E-state index contributed by atoms with van der Waals surface area (Å²) < 4.78 is 69.3. The van der Waals surface area contributed by atoms with Crippen molar-refractivity contribution < 1.29 is 31.5 Å². The number of aromatic nitrogens is 3. The van der Waals surface area contributed by atoms with Crippen molar-refractivity contribution in [3.8, 4) is 5.69 Å². The fourth-order valence-corrected chi connectivity index (χ4v) is 3.44. The highest BCUT2D eigenvalue weighted by Gasteiger charge is 2.41. The minimum absolute atomic E-state index is 0.0163. The largest absolute Gasteiger partial charge is 0.434 e. The van der Waals surface area contributed by atoms with Gasteiger partial charge in [-0.1, -0.05) is 12.1 Å². The molecule has 0 unspecified atom stereocenters. The van der Waals surface area contributed by atoms with Gasteiger partial charge in [0.25, 0.3) is 5.91 Å². The van der Waals surface area contributed by atoms with Crippen LogP contribution in [0.4, 0.5) is 27.6 Å². The van der Waals surface area contributed by atoms with Gasteiger partial charge in [-0.2, -0.15) is 27.1 Å². The van der Waals surface area contributed by atoms with Crippen molar-refractivity contribution in [3.05, 3.63) is 77.0 Å². The summed E-state index contributed by atoms with van der Waals surface area (Å²) in [5.74, 6) is 0.424. The molecular formula is C21H11ClF5N5O2. The van der Waals surface area contributed by atoms with Crippen molar-refractivity contribution in [2.45, 2.75) is 11.6 Å². The first-order chi connectivity index (χ1) is 16.0. The molecule has 34 heavy (non-hydrogen) atoms. The maximum atomic E-state index is 14.1. The number of hydrogen-bond acceptors (Lipinski definition) is 5. The highest BCUT2D eigenvalue weighted by molar-refractivity contribution is 6.21. The van der Waals surface area contributed by atoms with Gasteiger partial charge in [-0.15, -0.1) is 0 Å². The molecule has 1 amide bonds. The average molecular weight is 496 g/mol. The average Bonchev–Trinajstić information content (AvgIpc) is 3.24. The second kappa shape index (κ2) is 8.40. The van der Waals surface area contributed by atoms with E-state index in [-0.39, 0.29) is 28.2 Å². The van der Waals surface area contributed by atoms with Crippen LogP contribution >= 0.6 is 11.6 Å². The molecule has 3 aromatic rings. The van der Waals surface area contributed by atoms with E-state index in [4.69, 9.17) is 11.6 Å². The Kier molecular flexibility index (Phi) is 5.72. The molecule has 0 saturated heterocycles. The Balaban J connectivity index is 1.79. The van der Waals surface area contributed by atoms with Crippen molar-refractivity contribution in [3.63, 3.8) is 0 Å². The lowest BCUT2D eigenvalue weighted by Gasteiger charge is -2.19. The Bertz CT molecular complexity index is 1370. The van der Waals surface area contributed by atoms with E-state index in [0.29, 0.717) is 10.9 Å². The van der Waals surface area contributed by atoms with E-state index in [1.165, 1.54) is 30.5 Å². The maximum Gasteiger partial charge on any atom is 0.434 e. The van der Waals surface area contributed by atoms with Gasteiger partial charge in [0, 0.05) is 29.2 Å². The second-order valence-corrected chi connectivity index (χ2v) is 7.37. The number of fused-ring (bicyclic) bond motifs is 1. The summed E-state index contributed by atoms with van der Waals surface area (Å²) in [4.78, 5) is 27.2. The Hall–Kier alpha value is -4.02. The second-order valence-electron chi connectivity index (χ2n) is 6.89. The van der Waals surface area contributed by atoms with Crippen molar-refractivity contribution in [2.24, 2.45) is 0 Å². The van der Waals surface area contributed by atoms with Gasteiger partial charge in [0.2, 0.25) is 0 Å². The summed E-state index contributed by atoms with van der Waals surface area (Å²) >= 11 is 4.91. The van der Waals surface area contributed by atoms with Crippen LogP contribution in [-0.2, 0) is 16.4 Å². The van der Waals surface area contributed by atoms with Crippen LogP contribution in [-0.4, -0.2) is 26.6 Å². The zero-order chi connectivity index (χ0) is 24.7. The number of alkyl halides is 6. The SMILES string of the molecule is O=C=C1NC=Cc2c1cccc2-n1ncc(C(=O)Nc2ccnc(C(F)(F)Cl)c2)c1C(F)(F)F. The van der Waals surface area contributed by atoms with Gasteiger partial charge in [0.1, 0.15) is 11.4 Å². The highest BCUT2D eigenvalue weighted by Crippen LogP contribution is 2.37. The minimum atomic E-state index is -5.03. The number of anilines is 1. The third kappa shape index (κ3) is 4.28. The van der Waals surface area contributed by atoms with Gasteiger partial charge in [-0.05, 0) is 35.9 Å². The molecule has 3 heterocycles. The van der Waals surface area contributed by atoms with E-state index in [0.717, 1.165) is 18.3 Å². The number of pyridine rings is 1. The summed E-state index contributed by atoms with van der Waals surface area (Å²) in [7, 11) is 0. The Morgan fingerprint density at radius 3 is 2.62 bits per heavy atom. The lowest BCUT2D eigenvalue weighted by molar-refractivity contribution is -0.143. The first-order valence-corrected chi connectivity index (χ1v) is 9.70. The smallest absolute Gasteiger partial charge is 0.352 e. The molecule has 1 aromatic carbocycles. The maximum absolute atomic E-state index is 14.1. The molecule has 2 N–H and O–H groups in total. The molecule has 13 heteroatoms. The number of hydrogen-bond donors (Lipinski definition) is 2. The molecular weight excluding hydrogens is 485 g/mol. The minimum Gasteiger partial charge on any atom is -0.352 e. The van der Waals surface area contributed by atoms with E-state index in [1.54, 1.807) is 5.94 Å². The quantitative estimate of drug-likeness (QED) is 0.314. The molecule has 0 bridgehead atoms. The van der Waals surface area contributed by atoms with Crippen molar-refractivity contribution in [1.29, 1.82) is 0 Å². The Labute approximate surface area is 192 Å².